The predicted octanol–water partition coefficient (Wildman–Crippen LogP) is 6.03. The third-order valence-corrected chi connectivity index (χ3v) is 9.09. The van der Waals surface area contributed by atoms with Crippen LogP contribution in [0.15, 0.2) is 73.6 Å². The van der Waals surface area contributed by atoms with Crippen LogP contribution in [0.4, 0.5) is 0 Å². The van der Waals surface area contributed by atoms with E-state index in [9.17, 15) is 19.2 Å². The van der Waals surface area contributed by atoms with Gasteiger partial charge in [0.1, 0.15) is 12.1 Å². The molecule has 0 aliphatic heterocycles. The molecule has 52 heavy (non-hydrogen) atoms. The lowest BCUT2D eigenvalue weighted by atomic mass is 10.0. The normalized spacial score (nSPS) is 12.3. The molecule has 278 valence electrons. The maximum absolute atomic E-state index is 12.9. The number of aromatic amines is 2. The Morgan fingerprint density at radius 2 is 0.885 bits per heavy atom. The summed E-state index contributed by atoms with van der Waals surface area (Å²) < 4.78 is 0. The van der Waals surface area contributed by atoms with Gasteiger partial charge in [0.2, 0.25) is 11.8 Å². The molecule has 4 amide bonds. The van der Waals surface area contributed by atoms with Gasteiger partial charge in [-0.2, -0.15) is 0 Å². The van der Waals surface area contributed by atoms with Crippen molar-refractivity contribution < 1.29 is 19.2 Å². The Bertz CT molecular complexity index is 1540. The van der Waals surface area contributed by atoms with E-state index in [1.807, 2.05) is 52.0 Å². The Hall–Kier alpha value is -5.26. The van der Waals surface area contributed by atoms with Crippen molar-refractivity contribution in [1.29, 1.82) is 0 Å². The van der Waals surface area contributed by atoms with Crippen LogP contribution >= 0.6 is 0 Å². The smallest absolute Gasteiger partial charge is 0.251 e. The van der Waals surface area contributed by atoms with Crippen LogP contribution < -0.4 is 21.3 Å². The Balaban J connectivity index is 1.03. The molecule has 0 spiro atoms. The van der Waals surface area contributed by atoms with Gasteiger partial charge in [-0.25, -0.2) is 9.97 Å². The van der Waals surface area contributed by atoms with Gasteiger partial charge in [0.25, 0.3) is 11.8 Å². The number of imidazole rings is 2. The van der Waals surface area contributed by atoms with E-state index >= 15 is 0 Å². The van der Waals surface area contributed by atoms with Gasteiger partial charge in [0.05, 0.1) is 36.4 Å². The van der Waals surface area contributed by atoms with Gasteiger partial charge in [-0.05, 0) is 60.1 Å². The highest BCUT2D eigenvalue weighted by Gasteiger charge is 2.25. The molecule has 6 N–H and O–H groups in total. The fourth-order valence-electron chi connectivity index (χ4n) is 5.90. The average molecular weight is 711 g/mol. The molecule has 4 rings (SSSR count). The van der Waals surface area contributed by atoms with E-state index in [-0.39, 0.29) is 35.5 Å². The van der Waals surface area contributed by atoms with Gasteiger partial charge in [-0.15, -0.1) is 0 Å². The Morgan fingerprint density at radius 3 is 1.19 bits per heavy atom. The number of nitrogens with zero attached hydrogens (tertiary/aromatic N) is 2. The van der Waals surface area contributed by atoms with Crippen LogP contribution in [0.1, 0.15) is 99.8 Å². The Morgan fingerprint density at radius 1 is 0.538 bits per heavy atom. The van der Waals surface area contributed by atoms with Crippen LogP contribution in [-0.4, -0.2) is 68.7 Å². The first-order valence-corrected chi connectivity index (χ1v) is 18.5. The summed E-state index contributed by atoms with van der Waals surface area (Å²) in [5.74, 6) is -0.989. The Labute approximate surface area is 306 Å². The molecule has 0 unspecified atom stereocenters. The number of nitrogens with one attached hydrogen (secondary N) is 6. The first-order chi connectivity index (χ1) is 25.1. The molecule has 0 bridgehead atoms. The number of hydrogen-bond acceptors (Lipinski definition) is 6. The quantitative estimate of drug-likeness (QED) is 0.0576. The van der Waals surface area contributed by atoms with E-state index in [0.29, 0.717) is 24.2 Å². The van der Waals surface area contributed by atoms with Crippen LogP contribution in [0, 0.1) is 11.8 Å². The average Bonchev–Trinajstić information content (AvgIpc) is 3.89. The van der Waals surface area contributed by atoms with Gasteiger partial charge in [0.15, 0.2) is 0 Å². The summed E-state index contributed by atoms with van der Waals surface area (Å²) in [6.45, 7) is 8.85. The molecule has 2 aromatic carbocycles. The van der Waals surface area contributed by atoms with Crippen molar-refractivity contribution in [3.63, 3.8) is 0 Å². The van der Waals surface area contributed by atoms with E-state index in [1.54, 1.807) is 49.3 Å². The van der Waals surface area contributed by atoms with E-state index in [4.69, 9.17) is 0 Å². The summed E-state index contributed by atoms with van der Waals surface area (Å²) in [5, 5.41) is 11.8. The van der Waals surface area contributed by atoms with E-state index in [2.05, 4.69) is 41.2 Å². The number of H-pyrrole nitrogens is 2. The number of unbranched alkanes of at least 4 members (excludes halogenated alkanes) is 7. The molecule has 0 saturated heterocycles. The number of carbonyl (C=O) groups is 4. The molecule has 12 heteroatoms. The fourth-order valence-corrected chi connectivity index (χ4v) is 5.90. The maximum atomic E-state index is 12.9. The number of hydrogen-bond donors (Lipinski definition) is 6. The van der Waals surface area contributed by atoms with Crippen LogP contribution in [0.2, 0.25) is 0 Å². The number of aromatic nitrogens is 4. The third-order valence-electron chi connectivity index (χ3n) is 9.09. The highest BCUT2D eigenvalue weighted by molar-refractivity contribution is 5.98. The van der Waals surface area contributed by atoms with Crippen LogP contribution in [0.3, 0.4) is 0 Å². The van der Waals surface area contributed by atoms with Crippen LogP contribution in [0.25, 0.3) is 22.5 Å². The highest BCUT2D eigenvalue weighted by Crippen LogP contribution is 2.18. The van der Waals surface area contributed by atoms with Gasteiger partial charge in [-0.1, -0.05) is 90.5 Å². The van der Waals surface area contributed by atoms with Gasteiger partial charge < -0.3 is 31.2 Å². The van der Waals surface area contributed by atoms with E-state index < -0.39 is 12.1 Å². The SMILES string of the molecule is CC(C)[C@H](NC(=O)c1ccc(-c2cnc[nH]2)cc1)C(=O)NCCCCCCCCCCNC(=O)[C@@H](NC(=O)c1ccc(-c2cnc[nH]2)cc1)C(C)C. The van der Waals surface area contributed by atoms with Crippen molar-refractivity contribution in [1.82, 2.24) is 41.2 Å². The summed E-state index contributed by atoms with van der Waals surface area (Å²) in [5.41, 5.74) is 4.60. The number of carbonyl (C=O) groups excluding carboxylic acids is 4. The molecule has 0 radical (unpaired) electrons. The topological polar surface area (TPSA) is 174 Å². The molecular formula is C40H54N8O4. The molecule has 0 saturated carbocycles. The van der Waals surface area contributed by atoms with Crippen LogP contribution in [-0.2, 0) is 9.59 Å². The summed E-state index contributed by atoms with van der Waals surface area (Å²) >= 11 is 0. The number of rotatable bonds is 21. The monoisotopic (exact) mass is 710 g/mol. The van der Waals surface area contributed by atoms with Gasteiger partial charge >= 0.3 is 0 Å². The standard InChI is InChI=1S/C40H54N8O4/c1-27(2)35(47-37(49)31-17-13-29(14-18-31)33-23-41-25-45-33)39(51)43-21-11-9-7-5-6-8-10-12-22-44-40(52)36(28(3)4)48-38(50)32-19-15-30(16-20-32)34-24-42-26-46-34/h13-20,23-28,35-36H,5-12,21-22H2,1-4H3,(H,41,45)(H,42,46)(H,43,51)(H,44,52)(H,47,49)(H,48,50)/t35-,36-/m0/s1. The molecule has 4 aromatic rings. The van der Waals surface area contributed by atoms with Crippen molar-refractivity contribution >= 4 is 23.6 Å². The number of amides is 4. The minimum atomic E-state index is -0.614. The minimum absolute atomic E-state index is 0.0539. The Kier molecular flexibility index (Phi) is 15.6. The zero-order valence-corrected chi connectivity index (χ0v) is 30.8. The second kappa shape index (κ2) is 20.6. The second-order valence-electron chi connectivity index (χ2n) is 13.9. The van der Waals surface area contributed by atoms with Crippen molar-refractivity contribution in [2.45, 2.75) is 91.1 Å². The van der Waals surface area contributed by atoms with Gasteiger partial charge in [0, 0.05) is 24.2 Å². The van der Waals surface area contributed by atoms with Crippen LogP contribution in [0.5, 0.6) is 0 Å². The van der Waals surface area contributed by atoms with Crippen molar-refractivity contribution in [2.24, 2.45) is 11.8 Å². The predicted molar refractivity (Wildman–Crippen MR) is 203 cm³/mol. The first-order valence-electron chi connectivity index (χ1n) is 18.5. The molecule has 0 aliphatic carbocycles. The largest absolute Gasteiger partial charge is 0.354 e. The third kappa shape index (κ3) is 12.2. The molecule has 2 atom stereocenters. The highest BCUT2D eigenvalue weighted by atomic mass is 16.2. The van der Waals surface area contributed by atoms with Crippen molar-refractivity contribution in [2.75, 3.05) is 13.1 Å². The maximum Gasteiger partial charge on any atom is 0.251 e. The van der Waals surface area contributed by atoms with E-state index in [0.717, 1.165) is 73.9 Å². The number of benzene rings is 2. The zero-order valence-electron chi connectivity index (χ0n) is 30.8. The molecule has 0 fully saturated rings. The lowest BCUT2D eigenvalue weighted by Gasteiger charge is -2.22. The lowest BCUT2D eigenvalue weighted by molar-refractivity contribution is -0.124. The van der Waals surface area contributed by atoms with Gasteiger partial charge in [-0.3, -0.25) is 19.2 Å². The fraction of sp³-hybridized carbons (Fsp3) is 0.450. The second-order valence-corrected chi connectivity index (χ2v) is 13.9. The summed E-state index contributed by atoms with van der Waals surface area (Å²) in [7, 11) is 0. The molecule has 12 nitrogen and oxygen atoms in total. The molecule has 2 heterocycles. The lowest BCUT2D eigenvalue weighted by Crippen LogP contribution is -2.49. The molecular weight excluding hydrogens is 656 g/mol. The van der Waals surface area contributed by atoms with Crippen molar-refractivity contribution in [3.8, 4) is 22.5 Å². The van der Waals surface area contributed by atoms with E-state index in [1.165, 1.54) is 0 Å². The zero-order chi connectivity index (χ0) is 37.3. The van der Waals surface area contributed by atoms with Crippen molar-refractivity contribution in [3.05, 3.63) is 84.7 Å². The summed E-state index contributed by atoms with van der Waals surface area (Å²) in [4.78, 5) is 65.7. The summed E-state index contributed by atoms with van der Waals surface area (Å²) in [6, 6.07) is 13.2. The minimum Gasteiger partial charge on any atom is -0.354 e. The molecule has 2 aromatic heterocycles. The first kappa shape index (κ1) is 39.5. The summed E-state index contributed by atoms with van der Waals surface area (Å²) in [6.07, 6.45) is 14.9. The molecule has 0 aliphatic rings.